The van der Waals surface area contributed by atoms with E-state index in [1.54, 1.807) is 19.2 Å². The summed E-state index contributed by atoms with van der Waals surface area (Å²) in [7, 11) is 1.67. The van der Waals surface area contributed by atoms with E-state index in [9.17, 15) is 9.59 Å². The largest absolute Gasteiger partial charge is 0.497 e. The van der Waals surface area contributed by atoms with E-state index in [0.29, 0.717) is 29.8 Å². The van der Waals surface area contributed by atoms with Crippen LogP contribution in [0.1, 0.15) is 37.4 Å². The first-order valence-corrected chi connectivity index (χ1v) is 10.9. The van der Waals surface area contributed by atoms with Crippen LogP contribution in [0, 0.1) is 6.92 Å². The van der Waals surface area contributed by atoms with Gasteiger partial charge in [-0.05, 0) is 30.7 Å². The second-order valence-electron chi connectivity index (χ2n) is 8.16. The number of hydrogen-bond donors (Lipinski definition) is 0. The molecule has 32 heavy (non-hydrogen) atoms. The molecular formula is C27H28N2O3. The molecule has 5 nitrogen and oxygen atoms in total. The zero-order valence-electron chi connectivity index (χ0n) is 18.6. The van der Waals surface area contributed by atoms with Gasteiger partial charge in [-0.2, -0.15) is 0 Å². The molecule has 0 radical (unpaired) electrons. The first-order valence-electron chi connectivity index (χ1n) is 10.9. The second kappa shape index (κ2) is 9.79. The van der Waals surface area contributed by atoms with E-state index in [4.69, 9.17) is 4.74 Å². The van der Waals surface area contributed by atoms with Gasteiger partial charge in [0, 0.05) is 43.9 Å². The highest BCUT2D eigenvalue weighted by molar-refractivity contribution is 6.15. The molecule has 0 bridgehead atoms. The smallest absolute Gasteiger partial charge is 0.254 e. The number of methoxy groups -OCH3 is 1. The summed E-state index contributed by atoms with van der Waals surface area (Å²) < 4.78 is 5.31. The third-order valence-electron chi connectivity index (χ3n) is 5.92. The fourth-order valence-electron chi connectivity index (χ4n) is 4.04. The van der Waals surface area contributed by atoms with Crippen molar-refractivity contribution in [2.75, 3.05) is 33.3 Å². The average Bonchev–Trinajstić information content (AvgIpc) is 2.84. The summed E-state index contributed by atoms with van der Waals surface area (Å²) >= 11 is 0. The summed E-state index contributed by atoms with van der Waals surface area (Å²) in [5.74, 6) is 0.652. The molecule has 0 N–H and O–H groups in total. The Bertz CT molecular complexity index is 1100. The van der Waals surface area contributed by atoms with Gasteiger partial charge in [0.05, 0.1) is 12.7 Å². The zero-order chi connectivity index (χ0) is 22.5. The lowest BCUT2D eigenvalue weighted by molar-refractivity contribution is 0.0625. The summed E-state index contributed by atoms with van der Waals surface area (Å²) in [6, 6.07) is 22.7. The first-order chi connectivity index (χ1) is 15.5. The number of aryl methyl sites for hydroxylation is 1. The van der Waals surface area contributed by atoms with Crippen LogP contribution in [0.15, 0.2) is 72.8 Å². The second-order valence-corrected chi connectivity index (χ2v) is 8.16. The van der Waals surface area contributed by atoms with Gasteiger partial charge >= 0.3 is 0 Å². The van der Waals surface area contributed by atoms with Crippen LogP contribution in [-0.2, 0) is 6.54 Å². The molecule has 0 aliphatic carbocycles. The zero-order valence-corrected chi connectivity index (χ0v) is 18.6. The van der Waals surface area contributed by atoms with Gasteiger partial charge in [0.1, 0.15) is 5.75 Å². The highest BCUT2D eigenvalue weighted by Gasteiger charge is 2.25. The molecule has 5 heteroatoms. The molecule has 164 valence electrons. The molecule has 4 rings (SSSR count). The van der Waals surface area contributed by atoms with Crippen molar-refractivity contribution in [3.8, 4) is 5.75 Å². The minimum Gasteiger partial charge on any atom is -0.497 e. The highest BCUT2D eigenvalue weighted by Crippen LogP contribution is 2.19. The van der Waals surface area contributed by atoms with Crippen LogP contribution < -0.4 is 4.74 Å². The van der Waals surface area contributed by atoms with Crippen LogP contribution in [-0.4, -0.2) is 54.8 Å². The number of ether oxygens (including phenoxy) is 1. The van der Waals surface area contributed by atoms with E-state index < -0.39 is 0 Å². The molecule has 0 unspecified atom stereocenters. The van der Waals surface area contributed by atoms with Crippen LogP contribution in [0.4, 0.5) is 0 Å². The highest BCUT2D eigenvalue weighted by atomic mass is 16.5. The van der Waals surface area contributed by atoms with E-state index in [0.717, 1.165) is 30.9 Å². The van der Waals surface area contributed by atoms with Gasteiger partial charge in [-0.25, -0.2) is 0 Å². The van der Waals surface area contributed by atoms with E-state index in [-0.39, 0.29) is 11.7 Å². The van der Waals surface area contributed by atoms with Gasteiger partial charge in [0.25, 0.3) is 5.91 Å². The van der Waals surface area contributed by atoms with Crippen molar-refractivity contribution in [2.45, 2.75) is 13.5 Å². The number of amides is 1. The summed E-state index contributed by atoms with van der Waals surface area (Å²) in [5, 5.41) is 0. The van der Waals surface area contributed by atoms with E-state index in [1.165, 1.54) is 5.56 Å². The fraction of sp³-hybridized carbons (Fsp3) is 0.259. The van der Waals surface area contributed by atoms with Crippen molar-refractivity contribution in [3.05, 3.63) is 101 Å². The normalized spacial score (nSPS) is 14.2. The minimum absolute atomic E-state index is 0.0814. The Morgan fingerprint density at radius 2 is 1.53 bits per heavy atom. The number of nitrogens with zero attached hydrogens (tertiary/aromatic N) is 2. The van der Waals surface area contributed by atoms with Crippen molar-refractivity contribution in [1.82, 2.24) is 9.80 Å². The number of carbonyl (C=O) groups excluding carboxylic acids is 2. The Labute approximate surface area is 189 Å². The standard InChI is InChI=1S/C27H28N2O3/c1-20-10-12-22(13-11-20)26(30)24-8-3-4-9-25(24)27(31)29-16-14-28(15-17-29)19-21-6-5-7-23(18-21)32-2/h3-13,18H,14-17,19H2,1-2H3. The Morgan fingerprint density at radius 3 is 2.22 bits per heavy atom. The third kappa shape index (κ3) is 4.89. The van der Waals surface area contributed by atoms with Crippen LogP contribution in [0.2, 0.25) is 0 Å². The van der Waals surface area contributed by atoms with Gasteiger partial charge in [0.15, 0.2) is 5.78 Å². The maximum absolute atomic E-state index is 13.3. The van der Waals surface area contributed by atoms with Gasteiger partial charge in [-0.3, -0.25) is 14.5 Å². The van der Waals surface area contributed by atoms with Gasteiger partial charge in [-0.1, -0.05) is 60.2 Å². The van der Waals surface area contributed by atoms with Crippen LogP contribution in [0.3, 0.4) is 0 Å². The Hall–Kier alpha value is -3.44. The molecule has 0 aromatic heterocycles. The molecule has 3 aromatic carbocycles. The lowest BCUT2D eigenvalue weighted by Gasteiger charge is -2.35. The predicted octanol–water partition coefficient (Wildman–Crippen LogP) is 4.19. The number of benzene rings is 3. The number of hydrogen-bond acceptors (Lipinski definition) is 4. The van der Waals surface area contributed by atoms with Crippen molar-refractivity contribution < 1.29 is 14.3 Å². The summed E-state index contributed by atoms with van der Waals surface area (Å²) in [4.78, 5) is 30.6. The van der Waals surface area contributed by atoms with Crippen molar-refractivity contribution in [1.29, 1.82) is 0 Å². The molecule has 1 saturated heterocycles. The molecule has 0 spiro atoms. The number of carbonyl (C=O) groups is 2. The quantitative estimate of drug-likeness (QED) is 0.553. The van der Waals surface area contributed by atoms with Gasteiger partial charge < -0.3 is 9.64 Å². The van der Waals surface area contributed by atoms with E-state index in [1.807, 2.05) is 66.4 Å². The molecule has 0 atom stereocenters. The lowest BCUT2D eigenvalue weighted by Crippen LogP contribution is -2.48. The molecule has 1 aliphatic rings. The average molecular weight is 429 g/mol. The predicted molar refractivity (Wildman–Crippen MR) is 125 cm³/mol. The number of piperazine rings is 1. The number of rotatable bonds is 6. The molecular weight excluding hydrogens is 400 g/mol. The summed E-state index contributed by atoms with van der Waals surface area (Å²) in [6.45, 7) is 5.65. The summed E-state index contributed by atoms with van der Waals surface area (Å²) in [6.07, 6.45) is 0. The Morgan fingerprint density at radius 1 is 0.844 bits per heavy atom. The van der Waals surface area contributed by atoms with Crippen LogP contribution in [0.5, 0.6) is 5.75 Å². The molecule has 1 aliphatic heterocycles. The maximum Gasteiger partial charge on any atom is 0.254 e. The fourth-order valence-corrected chi connectivity index (χ4v) is 4.04. The molecule has 3 aromatic rings. The minimum atomic E-state index is -0.120. The van der Waals surface area contributed by atoms with Gasteiger partial charge in [-0.15, -0.1) is 0 Å². The SMILES string of the molecule is COc1cccc(CN2CCN(C(=O)c3ccccc3C(=O)c3ccc(C)cc3)CC2)c1. The van der Waals surface area contributed by atoms with E-state index in [2.05, 4.69) is 11.0 Å². The van der Waals surface area contributed by atoms with E-state index >= 15 is 0 Å². The van der Waals surface area contributed by atoms with Crippen LogP contribution in [0.25, 0.3) is 0 Å². The van der Waals surface area contributed by atoms with Crippen molar-refractivity contribution in [3.63, 3.8) is 0 Å². The topological polar surface area (TPSA) is 49.9 Å². The third-order valence-corrected chi connectivity index (χ3v) is 5.92. The first kappa shape index (κ1) is 21.8. The monoisotopic (exact) mass is 428 g/mol. The molecule has 1 fully saturated rings. The van der Waals surface area contributed by atoms with Crippen molar-refractivity contribution in [2.24, 2.45) is 0 Å². The molecule has 1 heterocycles. The molecule has 0 saturated carbocycles. The Kier molecular flexibility index (Phi) is 6.66. The van der Waals surface area contributed by atoms with Crippen molar-refractivity contribution >= 4 is 11.7 Å². The molecule has 1 amide bonds. The number of ketones is 1. The maximum atomic E-state index is 13.3. The summed E-state index contributed by atoms with van der Waals surface area (Å²) in [5.41, 5.74) is 3.81. The Balaban J connectivity index is 1.43. The van der Waals surface area contributed by atoms with Crippen LogP contribution >= 0.6 is 0 Å². The lowest BCUT2D eigenvalue weighted by atomic mass is 9.97. The van der Waals surface area contributed by atoms with Gasteiger partial charge in [0.2, 0.25) is 0 Å².